The van der Waals surface area contributed by atoms with Gasteiger partial charge in [0.1, 0.15) is 0 Å². The van der Waals surface area contributed by atoms with Crippen molar-refractivity contribution in [3.05, 3.63) is 0 Å². The van der Waals surface area contributed by atoms with Crippen LogP contribution in [0.15, 0.2) is 0 Å². The summed E-state index contributed by atoms with van der Waals surface area (Å²) in [7, 11) is 0. The highest BCUT2D eigenvalue weighted by Crippen LogP contribution is 2.06. The van der Waals surface area contributed by atoms with Gasteiger partial charge < -0.3 is 9.84 Å². The second kappa shape index (κ2) is 7.56. The Morgan fingerprint density at radius 2 is 1.83 bits per heavy atom. The molecule has 2 heteroatoms. The van der Waals surface area contributed by atoms with Crippen LogP contribution in [-0.2, 0) is 4.74 Å². The van der Waals surface area contributed by atoms with E-state index in [0.717, 1.165) is 26.1 Å². The van der Waals surface area contributed by atoms with Gasteiger partial charge in [-0.3, -0.25) is 0 Å². The molecule has 0 radical (unpaired) electrons. The number of aliphatic hydroxyl groups excluding tert-OH is 1. The SMILES string of the molecule is CC(C)COCCC(C)CCO. The second-order valence-electron chi connectivity index (χ2n) is 3.87. The summed E-state index contributed by atoms with van der Waals surface area (Å²) in [5, 5.41) is 8.64. The monoisotopic (exact) mass is 174 g/mol. The predicted molar refractivity (Wildman–Crippen MR) is 51.1 cm³/mol. The smallest absolute Gasteiger partial charge is 0.0488 e. The average molecular weight is 174 g/mol. The predicted octanol–water partition coefficient (Wildman–Crippen LogP) is 2.07. The van der Waals surface area contributed by atoms with E-state index in [1.54, 1.807) is 0 Å². The minimum Gasteiger partial charge on any atom is -0.396 e. The van der Waals surface area contributed by atoms with Gasteiger partial charge in [0.05, 0.1) is 0 Å². The van der Waals surface area contributed by atoms with Gasteiger partial charge in [-0.1, -0.05) is 20.8 Å². The lowest BCUT2D eigenvalue weighted by molar-refractivity contribution is 0.0962. The minimum absolute atomic E-state index is 0.297. The van der Waals surface area contributed by atoms with Crippen molar-refractivity contribution in [1.82, 2.24) is 0 Å². The summed E-state index contributed by atoms with van der Waals surface area (Å²) in [6.07, 6.45) is 1.96. The highest BCUT2D eigenvalue weighted by molar-refractivity contribution is 4.51. The lowest BCUT2D eigenvalue weighted by atomic mass is 10.1. The minimum atomic E-state index is 0.297. The molecule has 1 atom stereocenters. The molecule has 0 aromatic rings. The molecule has 0 aromatic heterocycles. The maximum atomic E-state index is 8.64. The Balaban J connectivity index is 3.08. The molecule has 0 aliphatic rings. The van der Waals surface area contributed by atoms with Gasteiger partial charge in [0.15, 0.2) is 0 Å². The van der Waals surface area contributed by atoms with Gasteiger partial charge in [-0.25, -0.2) is 0 Å². The van der Waals surface area contributed by atoms with E-state index in [1.165, 1.54) is 0 Å². The van der Waals surface area contributed by atoms with Gasteiger partial charge in [0, 0.05) is 19.8 Å². The Labute approximate surface area is 75.9 Å². The molecular formula is C10H22O2. The van der Waals surface area contributed by atoms with Crippen LogP contribution in [0.25, 0.3) is 0 Å². The third-order valence-corrected chi connectivity index (χ3v) is 1.83. The van der Waals surface area contributed by atoms with Crippen molar-refractivity contribution >= 4 is 0 Å². The van der Waals surface area contributed by atoms with E-state index in [1.807, 2.05) is 0 Å². The summed E-state index contributed by atoms with van der Waals surface area (Å²) >= 11 is 0. The number of aliphatic hydroxyl groups is 1. The largest absolute Gasteiger partial charge is 0.396 e. The van der Waals surface area contributed by atoms with Crippen molar-refractivity contribution in [1.29, 1.82) is 0 Å². The lowest BCUT2D eigenvalue weighted by Gasteiger charge is -2.10. The van der Waals surface area contributed by atoms with Crippen LogP contribution in [0.1, 0.15) is 33.6 Å². The van der Waals surface area contributed by atoms with Gasteiger partial charge in [-0.15, -0.1) is 0 Å². The van der Waals surface area contributed by atoms with Gasteiger partial charge >= 0.3 is 0 Å². The first-order chi connectivity index (χ1) is 5.66. The molecule has 0 aromatic carbocycles. The number of rotatable bonds is 7. The van der Waals surface area contributed by atoms with Crippen LogP contribution < -0.4 is 0 Å². The molecule has 74 valence electrons. The molecule has 0 aliphatic carbocycles. The fourth-order valence-electron chi connectivity index (χ4n) is 0.968. The highest BCUT2D eigenvalue weighted by atomic mass is 16.5. The maximum absolute atomic E-state index is 8.64. The van der Waals surface area contributed by atoms with Crippen molar-refractivity contribution < 1.29 is 9.84 Å². The van der Waals surface area contributed by atoms with E-state index >= 15 is 0 Å². The van der Waals surface area contributed by atoms with Gasteiger partial charge in [-0.05, 0) is 24.7 Å². The first-order valence-corrected chi connectivity index (χ1v) is 4.85. The fraction of sp³-hybridized carbons (Fsp3) is 1.00. The zero-order valence-corrected chi connectivity index (χ0v) is 8.55. The Morgan fingerprint density at radius 1 is 1.17 bits per heavy atom. The molecule has 0 amide bonds. The molecule has 0 bridgehead atoms. The van der Waals surface area contributed by atoms with Crippen molar-refractivity contribution in [2.24, 2.45) is 11.8 Å². The zero-order valence-electron chi connectivity index (χ0n) is 8.55. The Bertz CT molecular complexity index is 91.8. The summed E-state index contributed by atoms with van der Waals surface area (Å²) in [4.78, 5) is 0. The van der Waals surface area contributed by atoms with E-state index in [4.69, 9.17) is 9.84 Å². The zero-order chi connectivity index (χ0) is 9.40. The van der Waals surface area contributed by atoms with Crippen LogP contribution in [0, 0.1) is 11.8 Å². The molecule has 1 unspecified atom stereocenters. The van der Waals surface area contributed by atoms with Crippen molar-refractivity contribution in [2.75, 3.05) is 19.8 Å². The summed E-state index contributed by atoms with van der Waals surface area (Å²) in [6.45, 7) is 8.43. The van der Waals surface area contributed by atoms with Crippen molar-refractivity contribution in [3.8, 4) is 0 Å². The third kappa shape index (κ3) is 8.02. The van der Waals surface area contributed by atoms with Gasteiger partial charge in [-0.2, -0.15) is 0 Å². The fourth-order valence-corrected chi connectivity index (χ4v) is 0.968. The maximum Gasteiger partial charge on any atom is 0.0488 e. The Hall–Kier alpha value is -0.0800. The first-order valence-electron chi connectivity index (χ1n) is 4.85. The quantitative estimate of drug-likeness (QED) is 0.599. The highest BCUT2D eigenvalue weighted by Gasteiger charge is 2.01. The molecule has 0 saturated carbocycles. The van der Waals surface area contributed by atoms with Crippen LogP contribution in [0.4, 0.5) is 0 Å². The molecule has 12 heavy (non-hydrogen) atoms. The van der Waals surface area contributed by atoms with Crippen LogP contribution in [0.3, 0.4) is 0 Å². The molecule has 0 aliphatic heterocycles. The molecule has 0 saturated heterocycles. The van der Waals surface area contributed by atoms with Crippen LogP contribution >= 0.6 is 0 Å². The van der Waals surface area contributed by atoms with Crippen LogP contribution in [0.5, 0.6) is 0 Å². The third-order valence-electron chi connectivity index (χ3n) is 1.83. The standard InChI is InChI=1S/C10H22O2/c1-9(2)8-12-7-5-10(3)4-6-11/h9-11H,4-8H2,1-3H3. The van der Waals surface area contributed by atoms with E-state index in [9.17, 15) is 0 Å². The lowest BCUT2D eigenvalue weighted by Crippen LogP contribution is -2.07. The summed E-state index contributed by atoms with van der Waals surface area (Å²) in [6, 6.07) is 0. The van der Waals surface area contributed by atoms with Gasteiger partial charge in [0.2, 0.25) is 0 Å². The Morgan fingerprint density at radius 3 is 2.33 bits per heavy atom. The van der Waals surface area contributed by atoms with Crippen molar-refractivity contribution in [2.45, 2.75) is 33.6 Å². The summed E-state index contributed by atoms with van der Waals surface area (Å²) < 4.78 is 5.43. The second-order valence-corrected chi connectivity index (χ2v) is 3.87. The molecule has 0 spiro atoms. The first kappa shape index (κ1) is 11.9. The van der Waals surface area contributed by atoms with E-state index < -0.39 is 0 Å². The summed E-state index contributed by atoms with van der Waals surface area (Å²) in [5.74, 6) is 1.21. The van der Waals surface area contributed by atoms with Gasteiger partial charge in [0.25, 0.3) is 0 Å². The molecular weight excluding hydrogens is 152 g/mol. The molecule has 1 N–H and O–H groups in total. The molecule has 0 fully saturated rings. The Kier molecular flexibility index (Phi) is 7.51. The van der Waals surface area contributed by atoms with E-state index in [2.05, 4.69) is 20.8 Å². The molecule has 0 heterocycles. The molecule has 2 nitrogen and oxygen atoms in total. The number of hydrogen-bond donors (Lipinski definition) is 1. The van der Waals surface area contributed by atoms with E-state index in [0.29, 0.717) is 18.4 Å². The molecule has 0 rings (SSSR count). The topological polar surface area (TPSA) is 29.5 Å². The number of hydrogen-bond acceptors (Lipinski definition) is 2. The van der Waals surface area contributed by atoms with Crippen molar-refractivity contribution in [3.63, 3.8) is 0 Å². The van der Waals surface area contributed by atoms with E-state index in [-0.39, 0.29) is 0 Å². The number of ether oxygens (including phenoxy) is 1. The summed E-state index contributed by atoms with van der Waals surface area (Å²) in [5.41, 5.74) is 0. The average Bonchev–Trinajstić information content (AvgIpc) is 1.98. The normalized spacial score (nSPS) is 13.8. The van der Waals surface area contributed by atoms with Crippen LogP contribution in [-0.4, -0.2) is 24.9 Å². The van der Waals surface area contributed by atoms with Crippen LogP contribution in [0.2, 0.25) is 0 Å².